The van der Waals surface area contributed by atoms with Crippen LogP contribution in [0.15, 0.2) is 95.3 Å². The quantitative estimate of drug-likeness (QED) is 0.0554. The number of nitrogens with zero attached hydrogens (tertiary/aromatic N) is 2. The maximum atomic E-state index is 13.5. The van der Waals surface area contributed by atoms with Crippen molar-refractivity contribution >= 4 is 35.4 Å². The standard InChI is InChI=1S/C56H73N5O10/c1-38-11-20-49-48(35-38)47(23-24-57-49)43-14-12-42(13-15-43)39(2)50(36-62)60-44-16-18-45(19-17-44)70-34-33-69-32-31-68-30-29-67-27-7-5-6-26-66-28-25-58-54(64)37-71-52-10-8-9-46-41(4)61(56(65)55(46)52)51-21-22-53(63)59-40(51)3/h10,16-19,23-24,35,39,42-43,51,60H,3-9,11-15,20-22,25-34,37H2,1-2H3,(H,58,64)(H,59,63). The molecule has 3 aliphatic carbocycles. The third-order valence-electron chi connectivity index (χ3n) is 14.1. The van der Waals surface area contributed by atoms with Gasteiger partial charge in [0.05, 0.1) is 51.3 Å². The van der Waals surface area contributed by atoms with E-state index in [9.17, 15) is 19.2 Å². The van der Waals surface area contributed by atoms with Gasteiger partial charge in [0, 0.05) is 61.1 Å². The van der Waals surface area contributed by atoms with E-state index in [0.717, 1.165) is 74.8 Å². The lowest BCUT2D eigenvalue weighted by molar-refractivity contribution is -0.129. The molecule has 1 saturated heterocycles. The van der Waals surface area contributed by atoms with E-state index in [0.29, 0.717) is 132 Å². The van der Waals surface area contributed by atoms with Gasteiger partial charge in [0.1, 0.15) is 29.8 Å². The average Bonchev–Trinajstić information content (AvgIpc) is 3.63. The average molecular weight is 976 g/mol. The van der Waals surface area contributed by atoms with E-state index >= 15 is 0 Å². The fourth-order valence-corrected chi connectivity index (χ4v) is 10.1. The third-order valence-corrected chi connectivity index (χ3v) is 14.1. The number of carbonyl (C=O) groups is 3. The van der Waals surface area contributed by atoms with Gasteiger partial charge in [-0.05, 0) is 149 Å². The molecule has 2 aliphatic heterocycles. The SMILES string of the molecule is C=C1NC(=O)CCC1N1C(=C)C2=C(C1=O)C(OCC(=O)NCCOCCCCCOCCOCCOCCOc1ccc(NC(=C=O)C(C)C3CCC(c4ccnc5c4C=C(C)CC5)CC3)cc1)=CCC2. The number of pyridine rings is 1. The van der Waals surface area contributed by atoms with E-state index < -0.39 is 0 Å². The van der Waals surface area contributed by atoms with Gasteiger partial charge in [0.25, 0.3) is 11.8 Å². The van der Waals surface area contributed by atoms with Gasteiger partial charge in [-0.25, -0.2) is 4.79 Å². The highest BCUT2D eigenvalue weighted by Crippen LogP contribution is 2.44. The first-order chi connectivity index (χ1) is 34.6. The molecule has 1 saturated carbocycles. The molecule has 3 heterocycles. The molecule has 0 spiro atoms. The van der Waals surface area contributed by atoms with Crippen molar-refractivity contribution in [1.82, 2.24) is 20.5 Å². The lowest BCUT2D eigenvalue weighted by Crippen LogP contribution is -2.46. The van der Waals surface area contributed by atoms with Crippen molar-refractivity contribution in [3.8, 4) is 5.75 Å². The molecule has 7 rings (SSSR count). The van der Waals surface area contributed by atoms with Crippen molar-refractivity contribution in [2.75, 3.05) is 77.9 Å². The molecule has 1 aromatic carbocycles. The van der Waals surface area contributed by atoms with Crippen molar-refractivity contribution in [3.63, 3.8) is 0 Å². The highest BCUT2D eigenvalue weighted by atomic mass is 16.6. The second-order valence-electron chi connectivity index (χ2n) is 19.0. The maximum absolute atomic E-state index is 13.5. The summed E-state index contributed by atoms with van der Waals surface area (Å²) in [6.45, 7) is 17.0. The van der Waals surface area contributed by atoms with Crippen LogP contribution in [0.2, 0.25) is 0 Å². The van der Waals surface area contributed by atoms with Crippen LogP contribution in [-0.2, 0) is 49.3 Å². The van der Waals surface area contributed by atoms with Crippen LogP contribution in [-0.4, -0.2) is 112 Å². The Bertz CT molecular complexity index is 2340. The first kappa shape index (κ1) is 53.0. The van der Waals surface area contributed by atoms with Crippen molar-refractivity contribution in [2.45, 2.75) is 109 Å². The van der Waals surface area contributed by atoms with Crippen LogP contribution in [0.1, 0.15) is 114 Å². The molecule has 15 heteroatoms. The third kappa shape index (κ3) is 14.9. The van der Waals surface area contributed by atoms with Gasteiger partial charge in [0.15, 0.2) is 6.61 Å². The number of unbranched alkanes of at least 4 members (excludes halogenated alkanes) is 2. The summed E-state index contributed by atoms with van der Waals surface area (Å²) in [7, 11) is 0. The number of aryl methyl sites for hydroxylation is 1. The van der Waals surface area contributed by atoms with Gasteiger partial charge >= 0.3 is 0 Å². The van der Waals surface area contributed by atoms with E-state index in [1.165, 1.54) is 22.4 Å². The summed E-state index contributed by atoms with van der Waals surface area (Å²) in [5, 5.41) is 8.87. The molecule has 71 heavy (non-hydrogen) atoms. The summed E-state index contributed by atoms with van der Waals surface area (Å²) in [6.07, 6.45) is 17.5. The van der Waals surface area contributed by atoms with Crippen LogP contribution in [0.3, 0.4) is 0 Å². The molecule has 0 radical (unpaired) electrons. The van der Waals surface area contributed by atoms with Crippen LogP contribution < -0.4 is 20.7 Å². The lowest BCUT2D eigenvalue weighted by Gasteiger charge is -2.34. The van der Waals surface area contributed by atoms with E-state index in [1.54, 1.807) is 4.90 Å². The summed E-state index contributed by atoms with van der Waals surface area (Å²) < 4.78 is 34.3. The number of anilines is 1. The molecule has 5 aliphatic rings. The lowest BCUT2D eigenvalue weighted by atomic mass is 9.72. The van der Waals surface area contributed by atoms with Gasteiger partial charge in [-0.15, -0.1) is 0 Å². The van der Waals surface area contributed by atoms with Gasteiger partial charge in [0.2, 0.25) is 5.91 Å². The van der Waals surface area contributed by atoms with E-state index in [1.807, 2.05) is 36.5 Å². The Morgan fingerprint density at radius 2 is 1.55 bits per heavy atom. The van der Waals surface area contributed by atoms with Crippen LogP contribution in [0.25, 0.3) is 6.08 Å². The fourth-order valence-electron chi connectivity index (χ4n) is 10.1. The summed E-state index contributed by atoms with van der Waals surface area (Å²) in [5.74, 6) is 3.72. The van der Waals surface area contributed by atoms with Crippen molar-refractivity contribution < 1.29 is 47.6 Å². The van der Waals surface area contributed by atoms with E-state index in [-0.39, 0.29) is 36.3 Å². The number of rotatable bonds is 28. The van der Waals surface area contributed by atoms with Crippen LogP contribution in [0.4, 0.5) is 5.69 Å². The second-order valence-corrected chi connectivity index (χ2v) is 19.0. The minimum Gasteiger partial charge on any atom is -0.491 e. The zero-order valence-corrected chi connectivity index (χ0v) is 41.8. The second kappa shape index (κ2) is 27.1. The molecular weight excluding hydrogens is 903 g/mol. The number of fused-ring (bicyclic) bond motifs is 1. The summed E-state index contributed by atoms with van der Waals surface area (Å²) in [5.41, 5.74) is 9.21. The van der Waals surface area contributed by atoms with Gasteiger partial charge < -0.3 is 44.4 Å². The van der Waals surface area contributed by atoms with Gasteiger partial charge in [-0.3, -0.25) is 24.3 Å². The highest BCUT2D eigenvalue weighted by Gasteiger charge is 2.43. The Morgan fingerprint density at radius 1 is 0.845 bits per heavy atom. The summed E-state index contributed by atoms with van der Waals surface area (Å²) in [6, 6.07) is 9.48. The molecule has 15 nitrogen and oxygen atoms in total. The molecule has 1 aromatic heterocycles. The maximum Gasteiger partial charge on any atom is 0.263 e. The van der Waals surface area contributed by atoms with Crippen LogP contribution in [0, 0.1) is 11.8 Å². The Balaban J connectivity index is 0.637. The molecule has 2 unspecified atom stereocenters. The smallest absolute Gasteiger partial charge is 0.263 e. The molecule has 3 amide bonds. The molecule has 3 N–H and O–H groups in total. The Kier molecular flexibility index (Phi) is 20.2. The Labute approximate surface area is 419 Å². The number of ether oxygens (including phenoxy) is 6. The molecular formula is C56H73N5O10. The van der Waals surface area contributed by atoms with Crippen molar-refractivity contribution in [2.24, 2.45) is 11.8 Å². The first-order valence-corrected chi connectivity index (χ1v) is 25.7. The molecule has 2 aromatic rings. The molecule has 382 valence electrons. The summed E-state index contributed by atoms with van der Waals surface area (Å²) >= 11 is 0. The largest absolute Gasteiger partial charge is 0.491 e. The predicted octanol–water partition coefficient (Wildman–Crippen LogP) is 8.04. The highest BCUT2D eigenvalue weighted by molar-refractivity contribution is 6.04. The topological polar surface area (TPSA) is 176 Å². The monoisotopic (exact) mass is 976 g/mol. The van der Waals surface area contributed by atoms with Crippen molar-refractivity contribution in [1.29, 1.82) is 0 Å². The van der Waals surface area contributed by atoms with Crippen LogP contribution >= 0.6 is 0 Å². The Hall–Kier alpha value is -5.83. The number of amides is 3. The Morgan fingerprint density at radius 3 is 2.27 bits per heavy atom. The van der Waals surface area contributed by atoms with Crippen LogP contribution in [0.5, 0.6) is 5.75 Å². The molecule has 0 bridgehead atoms. The number of nitrogens with one attached hydrogen (secondary N) is 3. The minimum atomic E-state index is -0.367. The number of allylic oxidation sites excluding steroid dienone is 4. The van der Waals surface area contributed by atoms with E-state index in [4.69, 9.17) is 28.4 Å². The number of carbonyl (C=O) groups excluding carboxylic acids is 4. The zero-order valence-electron chi connectivity index (χ0n) is 41.8. The minimum absolute atomic E-state index is 0.0899. The number of hydrogen-bond donors (Lipinski definition) is 3. The molecule has 2 fully saturated rings. The zero-order chi connectivity index (χ0) is 50.0. The molecule has 2 atom stereocenters. The number of aromatic nitrogens is 1. The fraction of sp³-hybridized carbons (Fsp3) is 0.536. The number of piperidine rings is 1. The normalized spacial score (nSPS) is 20.3. The van der Waals surface area contributed by atoms with E-state index in [2.05, 4.69) is 66.0 Å². The number of benzene rings is 1. The first-order valence-electron chi connectivity index (χ1n) is 25.7. The summed E-state index contributed by atoms with van der Waals surface area (Å²) in [4.78, 5) is 56.2. The van der Waals surface area contributed by atoms with Crippen molar-refractivity contribution in [3.05, 3.63) is 112 Å². The van der Waals surface area contributed by atoms with Gasteiger partial charge in [-0.2, -0.15) is 0 Å². The van der Waals surface area contributed by atoms with Gasteiger partial charge in [-0.1, -0.05) is 31.7 Å². The predicted molar refractivity (Wildman–Crippen MR) is 272 cm³/mol. The number of hydrogen-bond acceptors (Lipinski definition) is 12.